The molecule has 5 heteroatoms. The number of halogens is 1. The van der Waals surface area contributed by atoms with Gasteiger partial charge in [0, 0.05) is 19.2 Å². The lowest BCUT2D eigenvalue weighted by molar-refractivity contribution is -0.116. The second-order valence-electron chi connectivity index (χ2n) is 3.01. The lowest BCUT2D eigenvalue weighted by Crippen LogP contribution is -2.21. The highest BCUT2D eigenvalue weighted by Crippen LogP contribution is 2.10. The summed E-state index contributed by atoms with van der Waals surface area (Å²) in [6, 6.07) is 1.43. The Labute approximate surface area is 87.9 Å². The van der Waals surface area contributed by atoms with Crippen molar-refractivity contribution in [2.45, 2.75) is 13.3 Å². The summed E-state index contributed by atoms with van der Waals surface area (Å²) in [5.41, 5.74) is 0.173. The van der Waals surface area contributed by atoms with Gasteiger partial charge < -0.3 is 10.6 Å². The van der Waals surface area contributed by atoms with Gasteiger partial charge in [-0.3, -0.25) is 9.78 Å². The zero-order chi connectivity index (χ0) is 11.1. The molecule has 0 radical (unpaired) electrons. The lowest BCUT2D eigenvalue weighted by atomic mass is 10.3. The number of aromatic nitrogens is 1. The third-order valence-electron chi connectivity index (χ3n) is 1.83. The molecule has 0 unspecified atom stereocenters. The van der Waals surface area contributed by atoms with Crippen LogP contribution in [0.25, 0.3) is 0 Å². The van der Waals surface area contributed by atoms with E-state index in [1.54, 1.807) is 0 Å². The molecule has 0 bridgehead atoms. The Balaban J connectivity index is 2.41. The van der Waals surface area contributed by atoms with Crippen LogP contribution in [0.4, 0.5) is 10.1 Å². The summed E-state index contributed by atoms with van der Waals surface area (Å²) >= 11 is 0. The molecule has 82 valence electrons. The summed E-state index contributed by atoms with van der Waals surface area (Å²) in [4.78, 5) is 14.9. The van der Waals surface area contributed by atoms with Gasteiger partial charge in [0.2, 0.25) is 5.91 Å². The summed E-state index contributed by atoms with van der Waals surface area (Å²) in [5, 5.41) is 5.49. The van der Waals surface area contributed by atoms with E-state index in [9.17, 15) is 9.18 Å². The van der Waals surface area contributed by atoms with Gasteiger partial charge in [-0.15, -0.1) is 0 Å². The molecule has 0 aliphatic heterocycles. The fourth-order valence-electron chi connectivity index (χ4n) is 1.07. The number of nitrogens with one attached hydrogen (secondary N) is 2. The van der Waals surface area contributed by atoms with Crippen LogP contribution in [0.15, 0.2) is 18.5 Å². The third kappa shape index (κ3) is 4.03. The van der Waals surface area contributed by atoms with Crippen molar-refractivity contribution in [1.29, 1.82) is 0 Å². The number of anilines is 1. The molecule has 0 saturated carbocycles. The first-order valence-corrected chi connectivity index (χ1v) is 4.84. The number of hydrogen-bond acceptors (Lipinski definition) is 3. The zero-order valence-corrected chi connectivity index (χ0v) is 8.59. The second kappa shape index (κ2) is 6.08. The molecule has 1 heterocycles. The van der Waals surface area contributed by atoms with Gasteiger partial charge in [-0.2, -0.15) is 0 Å². The van der Waals surface area contributed by atoms with Crippen LogP contribution < -0.4 is 10.6 Å². The van der Waals surface area contributed by atoms with Crippen LogP contribution in [-0.2, 0) is 4.79 Å². The van der Waals surface area contributed by atoms with Crippen LogP contribution in [0, 0.1) is 5.82 Å². The van der Waals surface area contributed by atoms with Crippen LogP contribution in [0.3, 0.4) is 0 Å². The Bertz CT molecular complexity index is 330. The molecule has 0 spiro atoms. The Kier molecular flexibility index (Phi) is 4.70. The van der Waals surface area contributed by atoms with Crippen LogP contribution in [0.1, 0.15) is 13.3 Å². The largest absolute Gasteiger partial charge is 0.323 e. The quantitative estimate of drug-likeness (QED) is 0.718. The number of carbonyl (C=O) groups is 1. The number of nitrogens with zero attached hydrogens (tertiary/aromatic N) is 1. The highest BCUT2D eigenvalue weighted by molar-refractivity contribution is 5.90. The zero-order valence-electron chi connectivity index (χ0n) is 8.59. The number of pyridine rings is 1. The topological polar surface area (TPSA) is 54.0 Å². The first-order chi connectivity index (χ1) is 7.24. The molecule has 0 aliphatic carbocycles. The van der Waals surface area contributed by atoms with E-state index >= 15 is 0 Å². The highest BCUT2D eigenvalue weighted by Gasteiger charge is 2.05. The molecular formula is C10H14FN3O. The predicted octanol–water partition coefficient (Wildman–Crippen LogP) is 1.16. The molecule has 1 amide bonds. The Morgan fingerprint density at radius 2 is 2.40 bits per heavy atom. The molecule has 1 aromatic heterocycles. The van der Waals surface area contributed by atoms with E-state index in [1.807, 2.05) is 6.92 Å². The van der Waals surface area contributed by atoms with Crippen molar-refractivity contribution in [1.82, 2.24) is 10.3 Å². The number of rotatable bonds is 5. The van der Waals surface area contributed by atoms with Crippen LogP contribution in [-0.4, -0.2) is 24.0 Å². The van der Waals surface area contributed by atoms with Gasteiger partial charge in [-0.05, 0) is 12.6 Å². The molecule has 2 N–H and O–H groups in total. The van der Waals surface area contributed by atoms with E-state index < -0.39 is 5.82 Å². The molecular weight excluding hydrogens is 197 g/mol. The van der Waals surface area contributed by atoms with Gasteiger partial charge in [0.25, 0.3) is 0 Å². The van der Waals surface area contributed by atoms with Gasteiger partial charge in [0.05, 0.1) is 11.9 Å². The summed E-state index contributed by atoms with van der Waals surface area (Å²) in [5.74, 6) is -0.727. The maximum absolute atomic E-state index is 13.0. The van der Waals surface area contributed by atoms with Gasteiger partial charge in [0.15, 0.2) is 5.82 Å². The fourth-order valence-corrected chi connectivity index (χ4v) is 1.07. The third-order valence-corrected chi connectivity index (χ3v) is 1.83. The van der Waals surface area contributed by atoms with E-state index in [0.717, 1.165) is 12.7 Å². The summed E-state index contributed by atoms with van der Waals surface area (Å²) in [6.45, 7) is 3.37. The van der Waals surface area contributed by atoms with Crippen molar-refractivity contribution in [3.63, 3.8) is 0 Å². The lowest BCUT2D eigenvalue weighted by Gasteiger charge is -2.05. The molecule has 0 fully saturated rings. The van der Waals surface area contributed by atoms with Crippen molar-refractivity contribution in [2.24, 2.45) is 0 Å². The number of hydrogen-bond donors (Lipinski definition) is 2. The van der Waals surface area contributed by atoms with Crippen molar-refractivity contribution in [3.05, 3.63) is 24.3 Å². The fraction of sp³-hybridized carbons (Fsp3) is 0.400. The monoisotopic (exact) mass is 211 g/mol. The van der Waals surface area contributed by atoms with Gasteiger partial charge >= 0.3 is 0 Å². The van der Waals surface area contributed by atoms with Crippen LogP contribution in [0.5, 0.6) is 0 Å². The Hall–Kier alpha value is -1.49. The Morgan fingerprint density at radius 3 is 3.07 bits per heavy atom. The van der Waals surface area contributed by atoms with Gasteiger partial charge in [-0.25, -0.2) is 4.39 Å². The Morgan fingerprint density at radius 1 is 1.60 bits per heavy atom. The summed E-state index contributed by atoms with van der Waals surface area (Å²) in [6.07, 6.45) is 2.83. The van der Waals surface area contributed by atoms with E-state index in [1.165, 1.54) is 12.3 Å². The maximum atomic E-state index is 13.0. The van der Waals surface area contributed by atoms with Crippen molar-refractivity contribution in [3.8, 4) is 0 Å². The molecule has 0 aromatic carbocycles. The summed E-state index contributed by atoms with van der Waals surface area (Å²) in [7, 11) is 0. The molecule has 1 aromatic rings. The van der Waals surface area contributed by atoms with Crippen molar-refractivity contribution < 1.29 is 9.18 Å². The number of amides is 1. The molecule has 0 saturated heterocycles. The normalized spacial score (nSPS) is 10.0. The average Bonchev–Trinajstić information content (AvgIpc) is 2.22. The first kappa shape index (κ1) is 11.6. The van der Waals surface area contributed by atoms with Crippen molar-refractivity contribution in [2.75, 3.05) is 18.4 Å². The highest BCUT2D eigenvalue weighted by atomic mass is 19.1. The standard InChI is InChI=1S/C10H14FN3O/c1-2-12-6-4-10(15)14-9-3-5-13-7-8(9)11/h3,5,7,12H,2,4,6H2,1H3,(H,13,14,15). The molecule has 4 nitrogen and oxygen atoms in total. The minimum Gasteiger partial charge on any atom is -0.323 e. The van der Waals surface area contributed by atoms with Crippen LogP contribution in [0.2, 0.25) is 0 Å². The van der Waals surface area contributed by atoms with E-state index in [2.05, 4.69) is 15.6 Å². The molecule has 0 aliphatic rings. The number of carbonyl (C=O) groups excluding carboxylic acids is 1. The maximum Gasteiger partial charge on any atom is 0.225 e. The van der Waals surface area contributed by atoms with Gasteiger partial charge in [-0.1, -0.05) is 6.92 Å². The molecule has 1 rings (SSSR count). The minimum atomic E-state index is -0.519. The van der Waals surface area contributed by atoms with Gasteiger partial charge in [0.1, 0.15) is 0 Å². The summed E-state index contributed by atoms with van der Waals surface area (Å²) < 4.78 is 13.0. The van der Waals surface area contributed by atoms with E-state index in [-0.39, 0.29) is 11.6 Å². The van der Waals surface area contributed by atoms with Crippen molar-refractivity contribution >= 4 is 11.6 Å². The first-order valence-electron chi connectivity index (χ1n) is 4.84. The molecule has 15 heavy (non-hydrogen) atoms. The van der Waals surface area contributed by atoms with E-state index in [4.69, 9.17) is 0 Å². The smallest absolute Gasteiger partial charge is 0.225 e. The van der Waals surface area contributed by atoms with E-state index in [0.29, 0.717) is 13.0 Å². The average molecular weight is 211 g/mol. The second-order valence-corrected chi connectivity index (χ2v) is 3.01. The minimum absolute atomic E-state index is 0.173. The van der Waals surface area contributed by atoms with Crippen LogP contribution >= 0.6 is 0 Å². The molecule has 0 atom stereocenters. The predicted molar refractivity (Wildman–Crippen MR) is 56.0 cm³/mol. The SMILES string of the molecule is CCNCCC(=O)Nc1ccncc1F.